The van der Waals surface area contributed by atoms with E-state index in [0.717, 1.165) is 0 Å². The number of ether oxygens (including phenoxy) is 2. The third kappa shape index (κ3) is 2.93. The van der Waals surface area contributed by atoms with Gasteiger partial charge in [0.1, 0.15) is 29.0 Å². The van der Waals surface area contributed by atoms with Crippen molar-refractivity contribution in [3.63, 3.8) is 0 Å². The summed E-state index contributed by atoms with van der Waals surface area (Å²) >= 11 is 0. The first kappa shape index (κ1) is 16.6. The monoisotopic (exact) mass is 343 g/mol. The van der Waals surface area contributed by atoms with Gasteiger partial charge >= 0.3 is 0 Å². The number of benzene rings is 1. The van der Waals surface area contributed by atoms with Crippen LogP contribution in [0.3, 0.4) is 0 Å². The molecule has 0 aliphatic rings. The van der Waals surface area contributed by atoms with Crippen molar-refractivity contribution in [1.29, 1.82) is 0 Å². The number of nitrogens with one attached hydrogen (secondary N) is 1. The zero-order chi connectivity index (χ0) is 18.1. The summed E-state index contributed by atoms with van der Waals surface area (Å²) in [4.78, 5) is 29.2. The topological polar surface area (TPSA) is 95.6 Å². The SMILES string of the molecule is COc1cc(NC(=O)c2c(C)oc3ncn(C)c(=O)c23)cc(OC)c1. The lowest BCUT2D eigenvalue weighted by atomic mass is 10.1. The van der Waals surface area contributed by atoms with E-state index < -0.39 is 5.91 Å². The van der Waals surface area contributed by atoms with Crippen LogP contribution in [0.5, 0.6) is 11.5 Å². The highest BCUT2D eigenvalue weighted by atomic mass is 16.5. The highest BCUT2D eigenvalue weighted by molar-refractivity contribution is 6.12. The summed E-state index contributed by atoms with van der Waals surface area (Å²) in [6.07, 6.45) is 1.35. The van der Waals surface area contributed by atoms with Gasteiger partial charge < -0.3 is 23.8 Å². The van der Waals surface area contributed by atoms with E-state index in [1.807, 2.05) is 0 Å². The first-order valence-corrected chi connectivity index (χ1v) is 7.43. The normalized spacial score (nSPS) is 10.7. The minimum Gasteiger partial charge on any atom is -0.497 e. The molecule has 0 fully saturated rings. The van der Waals surface area contributed by atoms with Gasteiger partial charge in [0.25, 0.3) is 11.5 Å². The first-order valence-electron chi connectivity index (χ1n) is 7.43. The molecule has 3 rings (SSSR count). The van der Waals surface area contributed by atoms with Gasteiger partial charge in [-0.25, -0.2) is 4.98 Å². The highest BCUT2D eigenvalue weighted by Crippen LogP contribution is 2.27. The van der Waals surface area contributed by atoms with Gasteiger partial charge in [0.05, 0.1) is 19.8 Å². The number of aryl methyl sites for hydroxylation is 2. The van der Waals surface area contributed by atoms with Crippen molar-refractivity contribution in [1.82, 2.24) is 9.55 Å². The van der Waals surface area contributed by atoms with Crippen molar-refractivity contribution < 1.29 is 18.7 Å². The number of nitrogens with zero attached hydrogens (tertiary/aromatic N) is 2. The fourth-order valence-corrected chi connectivity index (χ4v) is 2.53. The molecule has 0 bridgehead atoms. The van der Waals surface area contributed by atoms with E-state index in [-0.39, 0.29) is 22.2 Å². The summed E-state index contributed by atoms with van der Waals surface area (Å²) in [5.74, 6) is 0.900. The molecule has 0 spiro atoms. The van der Waals surface area contributed by atoms with Crippen molar-refractivity contribution in [2.45, 2.75) is 6.92 Å². The number of fused-ring (bicyclic) bond motifs is 1. The number of hydrogen-bond donors (Lipinski definition) is 1. The summed E-state index contributed by atoms with van der Waals surface area (Å²) in [5.41, 5.74) is 0.408. The Bertz CT molecular complexity index is 997. The average Bonchev–Trinajstić information content (AvgIpc) is 2.94. The van der Waals surface area contributed by atoms with E-state index in [2.05, 4.69) is 10.3 Å². The van der Waals surface area contributed by atoms with Crippen LogP contribution in [0.4, 0.5) is 5.69 Å². The van der Waals surface area contributed by atoms with Crippen molar-refractivity contribution in [2.24, 2.45) is 7.05 Å². The van der Waals surface area contributed by atoms with Gasteiger partial charge in [-0.3, -0.25) is 9.59 Å². The molecular weight excluding hydrogens is 326 g/mol. The summed E-state index contributed by atoms with van der Waals surface area (Å²) in [6.45, 7) is 1.61. The van der Waals surface area contributed by atoms with Crippen molar-refractivity contribution in [3.05, 3.63) is 46.2 Å². The molecule has 1 aromatic carbocycles. The van der Waals surface area contributed by atoms with Crippen LogP contribution in [0.1, 0.15) is 16.1 Å². The van der Waals surface area contributed by atoms with Gasteiger partial charge in [0, 0.05) is 30.9 Å². The summed E-state index contributed by atoms with van der Waals surface area (Å²) in [6, 6.07) is 4.98. The van der Waals surface area contributed by atoms with E-state index >= 15 is 0 Å². The van der Waals surface area contributed by atoms with Crippen LogP contribution in [0.25, 0.3) is 11.1 Å². The van der Waals surface area contributed by atoms with Crippen LogP contribution in [-0.2, 0) is 7.05 Å². The van der Waals surface area contributed by atoms with Crippen LogP contribution >= 0.6 is 0 Å². The third-order valence-electron chi connectivity index (χ3n) is 3.78. The molecule has 2 heterocycles. The number of rotatable bonds is 4. The smallest absolute Gasteiger partial charge is 0.265 e. The maximum atomic E-state index is 12.7. The largest absolute Gasteiger partial charge is 0.497 e. The number of carbonyl (C=O) groups is 1. The van der Waals surface area contributed by atoms with Gasteiger partial charge in [-0.05, 0) is 6.92 Å². The predicted octanol–water partition coefficient (Wildman–Crippen LogP) is 2.10. The molecule has 1 N–H and O–H groups in total. The van der Waals surface area contributed by atoms with E-state index in [9.17, 15) is 9.59 Å². The fourth-order valence-electron chi connectivity index (χ4n) is 2.53. The number of amides is 1. The van der Waals surface area contributed by atoms with Crippen LogP contribution in [0.2, 0.25) is 0 Å². The maximum Gasteiger partial charge on any atom is 0.265 e. The van der Waals surface area contributed by atoms with E-state index in [1.165, 1.54) is 25.1 Å². The Kier molecular flexibility index (Phi) is 4.18. The Morgan fingerprint density at radius 3 is 2.44 bits per heavy atom. The van der Waals surface area contributed by atoms with E-state index in [4.69, 9.17) is 13.9 Å². The summed E-state index contributed by atoms with van der Waals surface area (Å²) in [7, 11) is 4.60. The zero-order valence-electron chi connectivity index (χ0n) is 14.2. The fraction of sp³-hybridized carbons (Fsp3) is 0.235. The third-order valence-corrected chi connectivity index (χ3v) is 3.78. The lowest BCUT2D eigenvalue weighted by Gasteiger charge is -2.09. The second-order valence-corrected chi connectivity index (χ2v) is 5.43. The maximum absolute atomic E-state index is 12.7. The lowest BCUT2D eigenvalue weighted by molar-refractivity contribution is 0.102. The molecule has 0 saturated heterocycles. The van der Waals surface area contributed by atoms with Crippen LogP contribution in [-0.4, -0.2) is 29.7 Å². The summed E-state index contributed by atoms with van der Waals surface area (Å²) in [5, 5.41) is 2.89. The number of methoxy groups -OCH3 is 2. The molecule has 2 aromatic heterocycles. The molecule has 0 atom stereocenters. The number of aromatic nitrogens is 2. The quantitative estimate of drug-likeness (QED) is 0.779. The Morgan fingerprint density at radius 2 is 1.84 bits per heavy atom. The molecule has 0 aliphatic carbocycles. The van der Waals surface area contributed by atoms with E-state index in [1.54, 1.807) is 32.2 Å². The van der Waals surface area contributed by atoms with Crippen molar-refractivity contribution >= 4 is 22.7 Å². The van der Waals surface area contributed by atoms with Crippen molar-refractivity contribution in [2.75, 3.05) is 19.5 Å². The van der Waals surface area contributed by atoms with Crippen molar-refractivity contribution in [3.8, 4) is 11.5 Å². The minimum absolute atomic E-state index is 0.133. The van der Waals surface area contributed by atoms with Crippen LogP contribution in [0, 0.1) is 6.92 Å². The molecule has 25 heavy (non-hydrogen) atoms. The lowest BCUT2D eigenvalue weighted by Crippen LogP contribution is -2.20. The van der Waals surface area contributed by atoms with E-state index in [0.29, 0.717) is 22.9 Å². The second-order valence-electron chi connectivity index (χ2n) is 5.43. The van der Waals surface area contributed by atoms with Crippen LogP contribution < -0.4 is 20.3 Å². The predicted molar refractivity (Wildman–Crippen MR) is 91.5 cm³/mol. The highest BCUT2D eigenvalue weighted by Gasteiger charge is 2.22. The van der Waals surface area contributed by atoms with Crippen LogP contribution in [0.15, 0.2) is 33.7 Å². The molecule has 1 amide bonds. The van der Waals surface area contributed by atoms with Gasteiger partial charge in [-0.15, -0.1) is 0 Å². The van der Waals surface area contributed by atoms with Gasteiger partial charge in [0.15, 0.2) is 0 Å². The molecule has 0 saturated carbocycles. The number of anilines is 1. The standard InChI is InChI=1S/C17H17N3O5/c1-9-13(14-16(25-9)18-8-20(2)17(14)22)15(21)19-10-5-11(23-3)7-12(6-10)24-4/h5-8H,1-4H3,(H,19,21). The number of furan rings is 1. The number of carbonyl (C=O) groups excluding carboxylic acids is 1. The van der Waals surface area contributed by atoms with Gasteiger partial charge in [0.2, 0.25) is 5.71 Å². The molecule has 0 radical (unpaired) electrons. The average molecular weight is 343 g/mol. The minimum atomic E-state index is -0.475. The molecule has 8 nitrogen and oxygen atoms in total. The summed E-state index contributed by atoms with van der Waals surface area (Å²) < 4.78 is 17.1. The molecule has 8 heteroatoms. The second kappa shape index (κ2) is 6.31. The van der Waals surface area contributed by atoms with Gasteiger partial charge in [-0.2, -0.15) is 0 Å². The molecule has 130 valence electrons. The molecule has 0 unspecified atom stereocenters. The Hall–Kier alpha value is -3.29. The molecule has 3 aromatic rings. The Balaban J connectivity index is 2.05. The first-order chi connectivity index (χ1) is 11.9. The number of hydrogen-bond acceptors (Lipinski definition) is 6. The molecule has 0 aliphatic heterocycles. The Morgan fingerprint density at radius 1 is 1.20 bits per heavy atom. The Labute approximate surface area is 143 Å². The molecular formula is C17H17N3O5. The zero-order valence-corrected chi connectivity index (χ0v) is 14.2. The van der Waals surface area contributed by atoms with Gasteiger partial charge in [-0.1, -0.05) is 0 Å².